The summed E-state index contributed by atoms with van der Waals surface area (Å²) in [5.41, 5.74) is 0.946. The van der Waals surface area contributed by atoms with Crippen LogP contribution < -0.4 is 4.72 Å². The zero-order valence-electron chi connectivity index (χ0n) is 9.40. The van der Waals surface area contributed by atoms with Crippen LogP contribution in [0, 0.1) is 5.92 Å². The van der Waals surface area contributed by atoms with E-state index in [-0.39, 0.29) is 11.7 Å². The molecule has 0 radical (unpaired) electrons. The van der Waals surface area contributed by atoms with Crippen LogP contribution in [0.4, 0.5) is 0 Å². The molecule has 0 amide bonds. The van der Waals surface area contributed by atoms with Gasteiger partial charge in [0, 0.05) is 11.0 Å². The van der Waals surface area contributed by atoms with Crippen LogP contribution in [0.15, 0.2) is 28.7 Å². The lowest BCUT2D eigenvalue weighted by Gasteiger charge is -2.08. The smallest absolute Gasteiger partial charge is 0.212 e. The van der Waals surface area contributed by atoms with Crippen molar-refractivity contribution in [2.45, 2.75) is 20.4 Å². The van der Waals surface area contributed by atoms with Crippen LogP contribution in [0.1, 0.15) is 19.4 Å². The highest BCUT2D eigenvalue weighted by Gasteiger charge is 2.11. The number of benzene rings is 1. The number of sulfonamides is 1. The highest BCUT2D eigenvalue weighted by molar-refractivity contribution is 9.10. The van der Waals surface area contributed by atoms with E-state index >= 15 is 0 Å². The van der Waals surface area contributed by atoms with Crippen molar-refractivity contribution in [3.05, 3.63) is 34.3 Å². The molecule has 0 spiro atoms. The van der Waals surface area contributed by atoms with Crippen LogP contribution >= 0.6 is 15.9 Å². The second-order valence-electron chi connectivity index (χ2n) is 4.13. The Labute approximate surface area is 105 Å². The fourth-order valence-corrected chi connectivity index (χ4v) is 3.17. The van der Waals surface area contributed by atoms with Crippen LogP contribution in [0.5, 0.6) is 0 Å². The van der Waals surface area contributed by atoms with Crippen molar-refractivity contribution in [3.63, 3.8) is 0 Å². The standard InChI is InChI=1S/C11H16BrNO2S/c1-9(2)8-16(14,15)13-7-10-4-3-5-11(12)6-10/h3-6,9,13H,7-8H2,1-2H3. The lowest BCUT2D eigenvalue weighted by Crippen LogP contribution is -2.28. The first-order valence-electron chi connectivity index (χ1n) is 5.11. The maximum absolute atomic E-state index is 11.6. The molecule has 0 saturated heterocycles. The normalized spacial score (nSPS) is 12.0. The van der Waals surface area contributed by atoms with E-state index in [1.165, 1.54) is 0 Å². The third-order valence-electron chi connectivity index (χ3n) is 1.94. The van der Waals surface area contributed by atoms with Crippen molar-refractivity contribution in [1.82, 2.24) is 4.72 Å². The van der Waals surface area contributed by atoms with Gasteiger partial charge in [-0.2, -0.15) is 0 Å². The summed E-state index contributed by atoms with van der Waals surface area (Å²) in [7, 11) is -3.16. The molecular formula is C11H16BrNO2S. The summed E-state index contributed by atoms with van der Waals surface area (Å²) >= 11 is 3.35. The molecular weight excluding hydrogens is 290 g/mol. The lowest BCUT2D eigenvalue weighted by atomic mass is 10.2. The van der Waals surface area contributed by atoms with Gasteiger partial charge in [0.1, 0.15) is 0 Å². The summed E-state index contributed by atoms with van der Waals surface area (Å²) in [6.45, 7) is 4.12. The van der Waals surface area contributed by atoms with Crippen LogP contribution in [0.3, 0.4) is 0 Å². The summed E-state index contributed by atoms with van der Waals surface area (Å²) in [6, 6.07) is 7.59. The van der Waals surface area contributed by atoms with E-state index in [2.05, 4.69) is 20.7 Å². The van der Waals surface area contributed by atoms with Gasteiger partial charge < -0.3 is 0 Å². The Morgan fingerprint density at radius 3 is 2.62 bits per heavy atom. The van der Waals surface area contributed by atoms with E-state index < -0.39 is 10.0 Å². The first-order chi connectivity index (χ1) is 7.39. The molecule has 1 aromatic rings. The maximum atomic E-state index is 11.6. The molecule has 0 aliphatic rings. The molecule has 1 aromatic carbocycles. The van der Waals surface area contributed by atoms with E-state index in [4.69, 9.17) is 0 Å². The van der Waals surface area contributed by atoms with Crippen molar-refractivity contribution in [3.8, 4) is 0 Å². The van der Waals surface area contributed by atoms with E-state index in [1.54, 1.807) is 0 Å². The molecule has 0 aliphatic carbocycles. The quantitative estimate of drug-likeness (QED) is 0.908. The van der Waals surface area contributed by atoms with Gasteiger partial charge in [0.15, 0.2) is 0 Å². The molecule has 3 nitrogen and oxygen atoms in total. The van der Waals surface area contributed by atoms with E-state index in [0.29, 0.717) is 6.54 Å². The van der Waals surface area contributed by atoms with Gasteiger partial charge in [0.05, 0.1) is 5.75 Å². The lowest BCUT2D eigenvalue weighted by molar-refractivity contribution is 0.568. The second-order valence-corrected chi connectivity index (χ2v) is 6.89. The largest absolute Gasteiger partial charge is 0.212 e. The van der Waals surface area contributed by atoms with Crippen molar-refractivity contribution in [2.75, 3.05) is 5.75 Å². The predicted molar refractivity (Wildman–Crippen MR) is 69.6 cm³/mol. The van der Waals surface area contributed by atoms with E-state index in [9.17, 15) is 8.42 Å². The molecule has 90 valence electrons. The minimum Gasteiger partial charge on any atom is -0.212 e. The molecule has 1 rings (SSSR count). The fraction of sp³-hybridized carbons (Fsp3) is 0.455. The van der Waals surface area contributed by atoms with Gasteiger partial charge in [-0.15, -0.1) is 0 Å². The van der Waals surface area contributed by atoms with Crippen LogP contribution in [0.2, 0.25) is 0 Å². The predicted octanol–water partition coefficient (Wildman–Crippen LogP) is 2.52. The average Bonchev–Trinajstić information content (AvgIpc) is 2.13. The molecule has 1 N–H and O–H groups in total. The molecule has 0 fully saturated rings. The topological polar surface area (TPSA) is 46.2 Å². The molecule has 0 heterocycles. The molecule has 0 atom stereocenters. The van der Waals surface area contributed by atoms with Gasteiger partial charge in [0.25, 0.3) is 0 Å². The average molecular weight is 306 g/mol. The van der Waals surface area contributed by atoms with Crippen molar-refractivity contribution in [1.29, 1.82) is 0 Å². The number of rotatable bonds is 5. The SMILES string of the molecule is CC(C)CS(=O)(=O)NCc1cccc(Br)c1. The molecule has 0 unspecified atom stereocenters. The Bertz CT molecular complexity index is 443. The summed E-state index contributed by atoms with van der Waals surface area (Å²) < 4.78 is 26.7. The zero-order chi connectivity index (χ0) is 12.2. The summed E-state index contributed by atoms with van der Waals surface area (Å²) in [5.74, 6) is 0.307. The fourth-order valence-electron chi connectivity index (χ4n) is 1.34. The minimum atomic E-state index is -3.16. The first kappa shape index (κ1) is 13.7. The third kappa shape index (κ3) is 5.09. The number of hydrogen-bond donors (Lipinski definition) is 1. The van der Waals surface area contributed by atoms with Gasteiger partial charge >= 0.3 is 0 Å². The van der Waals surface area contributed by atoms with E-state index in [0.717, 1.165) is 10.0 Å². The van der Waals surface area contributed by atoms with Crippen molar-refractivity contribution in [2.24, 2.45) is 5.92 Å². The molecule has 5 heteroatoms. The Kier molecular flexibility index (Phi) is 4.95. The van der Waals surface area contributed by atoms with Gasteiger partial charge in [-0.3, -0.25) is 0 Å². The van der Waals surface area contributed by atoms with E-state index in [1.807, 2.05) is 38.1 Å². The van der Waals surface area contributed by atoms with Crippen LogP contribution in [0.25, 0.3) is 0 Å². The highest BCUT2D eigenvalue weighted by Crippen LogP contribution is 2.11. The Balaban J connectivity index is 2.58. The first-order valence-corrected chi connectivity index (χ1v) is 7.55. The van der Waals surface area contributed by atoms with Crippen molar-refractivity contribution < 1.29 is 8.42 Å². The van der Waals surface area contributed by atoms with Gasteiger partial charge in [0.2, 0.25) is 10.0 Å². The Morgan fingerprint density at radius 2 is 2.06 bits per heavy atom. The van der Waals surface area contributed by atoms with Crippen LogP contribution in [-0.4, -0.2) is 14.2 Å². The van der Waals surface area contributed by atoms with Crippen molar-refractivity contribution >= 4 is 26.0 Å². The molecule has 16 heavy (non-hydrogen) atoms. The third-order valence-corrected chi connectivity index (χ3v) is 4.12. The monoisotopic (exact) mass is 305 g/mol. The number of hydrogen-bond acceptors (Lipinski definition) is 2. The Morgan fingerprint density at radius 1 is 1.38 bits per heavy atom. The summed E-state index contributed by atoms with van der Waals surface area (Å²) in [5, 5.41) is 0. The summed E-state index contributed by atoms with van der Waals surface area (Å²) in [4.78, 5) is 0. The van der Waals surface area contributed by atoms with Crippen LogP contribution in [-0.2, 0) is 16.6 Å². The molecule has 0 saturated carbocycles. The maximum Gasteiger partial charge on any atom is 0.212 e. The number of nitrogens with one attached hydrogen (secondary N) is 1. The highest BCUT2D eigenvalue weighted by atomic mass is 79.9. The molecule has 0 bridgehead atoms. The van der Waals surface area contributed by atoms with Gasteiger partial charge in [-0.1, -0.05) is 41.9 Å². The minimum absolute atomic E-state index is 0.139. The Hall–Kier alpha value is -0.390. The second kappa shape index (κ2) is 5.80. The number of halogens is 1. The van der Waals surface area contributed by atoms with Gasteiger partial charge in [-0.05, 0) is 23.6 Å². The zero-order valence-corrected chi connectivity index (χ0v) is 11.8. The van der Waals surface area contributed by atoms with Gasteiger partial charge in [-0.25, -0.2) is 13.1 Å². The molecule has 0 aliphatic heterocycles. The molecule has 0 aromatic heterocycles. The summed E-state index contributed by atoms with van der Waals surface area (Å²) in [6.07, 6.45) is 0.